The van der Waals surface area contributed by atoms with E-state index in [1.165, 1.54) is 6.07 Å². The zero-order valence-electron chi connectivity index (χ0n) is 10.3. The van der Waals surface area contributed by atoms with Crippen molar-refractivity contribution in [1.82, 2.24) is 0 Å². The molecular weight excluding hydrogens is 207 g/mol. The molecule has 0 fully saturated rings. The van der Waals surface area contributed by atoms with E-state index in [0.29, 0.717) is 12.4 Å². The SMILES string of the molecule is COC(C)(C)CCOc1cc(C)ccc1F. The molecule has 90 valence electrons. The van der Waals surface area contributed by atoms with Gasteiger partial charge in [-0.15, -0.1) is 0 Å². The van der Waals surface area contributed by atoms with Crippen molar-refractivity contribution < 1.29 is 13.9 Å². The summed E-state index contributed by atoms with van der Waals surface area (Å²) in [6.07, 6.45) is 0.719. The van der Waals surface area contributed by atoms with Crippen LogP contribution in [0.5, 0.6) is 5.75 Å². The predicted molar refractivity (Wildman–Crippen MR) is 62.3 cm³/mol. The van der Waals surface area contributed by atoms with Crippen molar-refractivity contribution in [3.8, 4) is 5.75 Å². The number of ether oxygens (including phenoxy) is 2. The van der Waals surface area contributed by atoms with Crippen LogP contribution in [0.25, 0.3) is 0 Å². The fourth-order valence-corrected chi connectivity index (χ4v) is 1.23. The number of methoxy groups -OCH3 is 1. The fourth-order valence-electron chi connectivity index (χ4n) is 1.23. The van der Waals surface area contributed by atoms with E-state index < -0.39 is 0 Å². The summed E-state index contributed by atoms with van der Waals surface area (Å²) >= 11 is 0. The highest BCUT2D eigenvalue weighted by atomic mass is 19.1. The Kier molecular flexibility index (Phi) is 4.30. The van der Waals surface area contributed by atoms with E-state index in [9.17, 15) is 4.39 Å². The van der Waals surface area contributed by atoms with Crippen LogP contribution in [0, 0.1) is 12.7 Å². The molecule has 0 unspecified atom stereocenters. The average Bonchev–Trinajstić information content (AvgIpc) is 2.23. The van der Waals surface area contributed by atoms with Gasteiger partial charge >= 0.3 is 0 Å². The van der Waals surface area contributed by atoms with Gasteiger partial charge in [0, 0.05) is 13.5 Å². The molecule has 0 heterocycles. The van der Waals surface area contributed by atoms with Crippen molar-refractivity contribution in [3.05, 3.63) is 29.6 Å². The van der Waals surface area contributed by atoms with E-state index >= 15 is 0 Å². The summed E-state index contributed by atoms with van der Waals surface area (Å²) in [5.41, 5.74) is 0.753. The number of halogens is 1. The van der Waals surface area contributed by atoms with Crippen molar-refractivity contribution >= 4 is 0 Å². The van der Waals surface area contributed by atoms with Gasteiger partial charge in [-0.1, -0.05) is 6.07 Å². The smallest absolute Gasteiger partial charge is 0.165 e. The van der Waals surface area contributed by atoms with Gasteiger partial charge in [0.1, 0.15) is 0 Å². The minimum absolute atomic E-state index is 0.236. The Morgan fingerprint density at radius 1 is 1.31 bits per heavy atom. The molecule has 0 saturated carbocycles. The quantitative estimate of drug-likeness (QED) is 0.766. The monoisotopic (exact) mass is 226 g/mol. The van der Waals surface area contributed by atoms with Crippen LogP contribution in [0.15, 0.2) is 18.2 Å². The van der Waals surface area contributed by atoms with Crippen molar-refractivity contribution in [1.29, 1.82) is 0 Å². The maximum absolute atomic E-state index is 13.3. The molecule has 1 rings (SSSR count). The van der Waals surface area contributed by atoms with E-state index in [1.807, 2.05) is 20.8 Å². The number of aryl methyl sites for hydroxylation is 1. The largest absolute Gasteiger partial charge is 0.490 e. The van der Waals surface area contributed by atoms with E-state index in [2.05, 4.69) is 0 Å². The lowest BCUT2D eigenvalue weighted by molar-refractivity contribution is 0.00513. The molecule has 1 aromatic rings. The molecule has 0 aliphatic heterocycles. The summed E-state index contributed by atoms with van der Waals surface area (Å²) in [6.45, 7) is 6.30. The summed E-state index contributed by atoms with van der Waals surface area (Å²) in [5, 5.41) is 0. The molecule has 0 radical (unpaired) electrons. The van der Waals surface area contributed by atoms with E-state index in [4.69, 9.17) is 9.47 Å². The van der Waals surface area contributed by atoms with Crippen LogP contribution in [0.3, 0.4) is 0 Å². The van der Waals surface area contributed by atoms with Crippen LogP contribution < -0.4 is 4.74 Å². The second-order valence-electron chi connectivity index (χ2n) is 4.50. The normalized spacial score (nSPS) is 11.6. The minimum atomic E-state index is -0.319. The Balaban J connectivity index is 2.52. The first kappa shape index (κ1) is 13.0. The average molecular weight is 226 g/mol. The van der Waals surface area contributed by atoms with E-state index in [1.54, 1.807) is 19.2 Å². The molecule has 0 amide bonds. The van der Waals surface area contributed by atoms with Gasteiger partial charge in [0.05, 0.1) is 12.2 Å². The molecule has 0 saturated heterocycles. The Morgan fingerprint density at radius 2 is 2.00 bits per heavy atom. The molecule has 0 N–H and O–H groups in total. The van der Waals surface area contributed by atoms with Crippen LogP contribution in [0.1, 0.15) is 25.8 Å². The first-order chi connectivity index (χ1) is 7.44. The standard InChI is InChI=1S/C13H19FO2/c1-10-5-6-11(14)12(9-10)16-8-7-13(2,3)15-4/h5-6,9H,7-8H2,1-4H3. The molecular formula is C13H19FO2. The maximum atomic E-state index is 13.3. The van der Waals surface area contributed by atoms with E-state index in [-0.39, 0.29) is 11.4 Å². The lowest BCUT2D eigenvalue weighted by Gasteiger charge is -2.22. The molecule has 0 atom stereocenters. The number of rotatable bonds is 5. The lowest BCUT2D eigenvalue weighted by atomic mass is 10.1. The Bertz CT molecular complexity index is 348. The summed E-state index contributed by atoms with van der Waals surface area (Å²) < 4.78 is 24.0. The van der Waals surface area contributed by atoms with Crippen LogP contribution in [-0.2, 0) is 4.74 Å². The third-order valence-corrected chi connectivity index (χ3v) is 2.60. The highest BCUT2D eigenvalue weighted by Gasteiger charge is 2.16. The highest BCUT2D eigenvalue weighted by molar-refractivity contribution is 5.29. The van der Waals surface area contributed by atoms with Crippen LogP contribution in [0.4, 0.5) is 4.39 Å². The van der Waals surface area contributed by atoms with Gasteiger partial charge in [-0.25, -0.2) is 4.39 Å². The van der Waals surface area contributed by atoms with Gasteiger partial charge in [-0.05, 0) is 38.5 Å². The van der Waals surface area contributed by atoms with Gasteiger partial charge in [0.15, 0.2) is 11.6 Å². The van der Waals surface area contributed by atoms with Gasteiger partial charge in [0.25, 0.3) is 0 Å². The Labute approximate surface area is 96.4 Å². The first-order valence-corrected chi connectivity index (χ1v) is 5.39. The minimum Gasteiger partial charge on any atom is -0.490 e. The van der Waals surface area contributed by atoms with Crippen molar-refractivity contribution in [3.63, 3.8) is 0 Å². The summed E-state index contributed by atoms with van der Waals surface area (Å²) in [5.74, 6) is -0.00674. The molecule has 0 aliphatic rings. The molecule has 0 spiro atoms. The molecule has 0 aromatic heterocycles. The zero-order valence-corrected chi connectivity index (χ0v) is 10.3. The molecule has 2 nitrogen and oxygen atoms in total. The topological polar surface area (TPSA) is 18.5 Å². The van der Waals surface area contributed by atoms with Gasteiger partial charge in [-0.3, -0.25) is 0 Å². The predicted octanol–water partition coefficient (Wildman–Crippen LogP) is 3.33. The van der Waals surface area contributed by atoms with Crippen LogP contribution >= 0.6 is 0 Å². The third-order valence-electron chi connectivity index (χ3n) is 2.60. The fraction of sp³-hybridized carbons (Fsp3) is 0.538. The molecule has 0 bridgehead atoms. The van der Waals surface area contributed by atoms with Gasteiger partial charge in [-0.2, -0.15) is 0 Å². The number of hydrogen-bond donors (Lipinski definition) is 0. The number of hydrogen-bond acceptors (Lipinski definition) is 2. The van der Waals surface area contributed by atoms with Crippen LogP contribution in [-0.4, -0.2) is 19.3 Å². The summed E-state index contributed by atoms with van der Waals surface area (Å²) in [7, 11) is 1.66. The van der Waals surface area contributed by atoms with Crippen molar-refractivity contribution in [2.45, 2.75) is 32.8 Å². The third kappa shape index (κ3) is 3.81. The molecule has 16 heavy (non-hydrogen) atoms. The van der Waals surface area contributed by atoms with Gasteiger partial charge in [0.2, 0.25) is 0 Å². The van der Waals surface area contributed by atoms with Crippen molar-refractivity contribution in [2.75, 3.05) is 13.7 Å². The lowest BCUT2D eigenvalue weighted by Crippen LogP contribution is -2.25. The Hall–Kier alpha value is -1.09. The van der Waals surface area contributed by atoms with Crippen LogP contribution in [0.2, 0.25) is 0 Å². The number of benzene rings is 1. The summed E-state index contributed by atoms with van der Waals surface area (Å²) in [4.78, 5) is 0. The summed E-state index contributed by atoms with van der Waals surface area (Å²) in [6, 6.07) is 4.85. The second-order valence-corrected chi connectivity index (χ2v) is 4.50. The van der Waals surface area contributed by atoms with Gasteiger partial charge < -0.3 is 9.47 Å². The Morgan fingerprint density at radius 3 is 2.62 bits per heavy atom. The molecule has 0 aliphatic carbocycles. The molecule has 3 heteroatoms. The van der Waals surface area contributed by atoms with Crippen molar-refractivity contribution in [2.24, 2.45) is 0 Å². The molecule has 1 aromatic carbocycles. The first-order valence-electron chi connectivity index (χ1n) is 5.39. The second kappa shape index (κ2) is 5.30. The highest BCUT2D eigenvalue weighted by Crippen LogP contribution is 2.20. The van der Waals surface area contributed by atoms with E-state index in [0.717, 1.165) is 12.0 Å². The maximum Gasteiger partial charge on any atom is 0.165 e. The zero-order chi connectivity index (χ0) is 12.2.